The van der Waals surface area contributed by atoms with Crippen molar-refractivity contribution in [3.8, 4) is 11.3 Å². The highest BCUT2D eigenvalue weighted by molar-refractivity contribution is 8.10. The summed E-state index contributed by atoms with van der Waals surface area (Å²) in [4.78, 5) is 25.6. The fourth-order valence-corrected chi connectivity index (χ4v) is 4.20. The number of carbonyl (C=O) groups excluding carboxylic acids is 1. The summed E-state index contributed by atoms with van der Waals surface area (Å²) in [5, 5.41) is 12.5. The second kappa shape index (κ2) is 11.8. The number of hydrogen-bond acceptors (Lipinski definition) is 7. The average Bonchev–Trinajstić information content (AvgIpc) is 3.29. The van der Waals surface area contributed by atoms with Crippen LogP contribution in [0, 0.1) is 0 Å². The van der Waals surface area contributed by atoms with E-state index in [2.05, 4.69) is 53.0 Å². The van der Waals surface area contributed by atoms with Gasteiger partial charge >= 0.3 is 0 Å². The normalized spacial score (nSPS) is 12.4. The van der Waals surface area contributed by atoms with Crippen LogP contribution in [0.3, 0.4) is 0 Å². The Morgan fingerprint density at radius 3 is 2.74 bits per heavy atom. The molecule has 2 N–H and O–H groups in total. The molecule has 3 rings (SSSR count). The zero-order chi connectivity index (χ0) is 24.7. The molecule has 0 aromatic carbocycles. The highest BCUT2D eigenvalue weighted by Crippen LogP contribution is 2.28. The summed E-state index contributed by atoms with van der Waals surface area (Å²) in [6.07, 6.45) is 5.54. The highest BCUT2D eigenvalue weighted by atomic mass is 32.2. The van der Waals surface area contributed by atoms with E-state index >= 15 is 0 Å². The minimum atomic E-state index is -0.139. The molecular weight excluding hydrogens is 446 g/mol. The molecule has 3 aromatic heterocycles. The summed E-state index contributed by atoms with van der Waals surface area (Å²) in [6.45, 7) is 14.9. The predicted molar refractivity (Wildman–Crippen MR) is 142 cm³/mol. The largest absolute Gasteiger partial charge is 0.373 e. The van der Waals surface area contributed by atoms with E-state index < -0.39 is 0 Å². The van der Waals surface area contributed by atoms with Crippen LogP contribution in [0.15, 0.2) is 48.7 Å². The van der Waals surface area contributed by atoms with Crippen molar-refractivity contribution in [1.29, 1.82) is 0 Å². The van der Waals surface area contributed by atoms with E-state index in [1.807, 2.05) is 30.7 Å². The van der Waals surface area contributed by atoms with Crippen molar-refractivity contribution in [1.82, 2.24) is 29.8 Å². The number of nitrogens with zero attached hydrogens (tertiary/aromatic N) is 5. The Kier molecular flexibility index (Phi) is 8.84. The number of rotatable bonds is 11. The smallest absolute Gasteiger partial charge is 0.251 e. The van der Waals surface area contributed by atoms with E-state index in [1.165, 1.54) is 11.8 Å². The molecule has 0 aliphatic carbocycles. The van der Waals surface area contributed by atoms with Crippen LogP contribution < -0.4 is 10.6 Å². The van der Waals surface area contributed by atoms with Crippen LogP contribution in [0.1, 0.15) is 43.7 Å². The molecule has 3 aromatic rings. The van der Waals surface area contributed by atoms with Crippen molar-refractivity contribution in [3.05, 3.63) is 59.9 Å². The Balaban J connectivity index is 1.92. The van der Waals surface area contributed by atoms with Crippen LogP contribution in [-0.4, -0.2) is 63.1 Å². The number of amides is 1. The van der Waals surface area contributed by atoms with Gasteiger partial charge in [-0.2, -0.15) is 5.10 Å². The quantitative estimate of drug-likeness (QED) is 0.418. The standard InChI is InChI=1S/C25H33N7OS/c1-7-12-34-18(5)21-10-11-32-24(30-21)20(16-28-32)22-13-19(14-23(26-6)29-22)25(33)27-15-17(4)31(8-2)9-3/h7,10-14,16-17H,5,8-9,15H2,1-4,6H3,(H,26,29)(H,27,33)/b12-7-/t17-/m0/s1. The lowest BCUT2D eigenvalue weighted by Crippen LogP contribution is -2.42. The summed E-state index contributed by atoms with van der Waals surface area (Å²) in [5.41, 5.74) is 3.32. The van der Waals surface area contributed by atoms with Gasteiger partial charge in [0.1, 0.15) is 5.82 Å². The van der Waals surface area contributed by atoms with Crippen molar-refractivity contribution in [3.63, 3.8) is 0 Å². The van der Waals surface area contributed by atoms with Crippen LogP contribution in [0.5, 0.6) is 0 Å². The van der Waals surface area contributed by atoms with Gasteiger partial charge in [0, 0.05) is 36.3 Å². The third-order valence-corrected chi connectivity index (χ3v) is 6.52. The lowest BCUT2D eigenvalue weighted by atomic mass is 10.1. The minimum absolute atomic E-state index is 0.139. The third kappa shape index (κ3) is 5.84. The van der Waals surface area contributed by atoms with E-state index in [1.54, 1.807) is 29.9 Å². The SMILES string of the molecule is C=C(S/C=C\C)c1ccn2ncc(-c3cc(C(=O)NC[C@H](C)N(CC)CC)cc(NC)n3)c2n1. The minimum Gasteiger partial charge on any atom is -0.373 e. The molecule has 34 heavy (non-hydrogen) atoms. The highest BCUT2D eigenvalue weighted by Gasteiger charge is 2.17. The number of thioether (sulfide) groups is 1. The first-order valence-corrected chi connectivity index (χ1v) is 12.3. The van der Waals surface area contributed by atoms with Crippen molar-refractivity contribution >= 4 is 34.0 Å². The molecule has 0 aliphatic rings. The number of carbonyl (C=O) groups is 1. The number of anilines is 1. The van der Waals surface area contributed by atoms with Crippen molar-refractivity contribution in [2.75, 3.05) is 32.0 Å². The second-order valence-corrected chi connectivity index (χ2v) is 8.81. The Morgan fingerprint density at radius 1 is 1.29 bits per heavy atom. The van der Waals surface area contributed by atoms with Gasteiger partial charge in [0.15, 0.2) is 5.65 Å². The molecule has 9 heteroatoms. The van der Waals surface area contributed by atoms with Gasteiger partial charge in [-0.05, 0) is 50.5 Å². The Morgan fingerprint density at radius 2 is 2.06 bits per heavy atom. The zero-order valence-corrected chi connectivity index (χ0v) is 21.3. The van der Waals surface area contributed by atoms with Crippen LogP contribution >= 0.6 is 11.8 Å². The number of aromatic nitrogens is 4. The monoisotopic (exact) mass is 479 g/mol. The van der Waals surface area contributed by atoms with Gasteiger partial charge in [0.05, 0.1) is 23.1 Å². The number of nitrogens with one attached hydrogen (secondary N) is 2. The summed E-state index contributed by atoms with van der Waals surface area (Å²) in [5.74, 6) is 0.461. The molecule has 1 atom stereocenters. The summed E-state index contributed by atoms with van der Waals surface area (Å²) in [6, 6.07) is 5.67. The first-order chi connectivity index (χ1) is 16.4. The van der Waals surface area contributed by atoms with E-state index in [0.717, 1.165) is 29.3 Å². The molecule has 180 valence electrons. The number of hydrogen-bond donors (Lipinski definition) is 2. The Hall–Kier alpha value is -3.17. The topological polar surface area (TPSA) is 87.5 Å². The lowest BCUT2D eigenvalue weighted by molar-refractivity contribution is 0.0938. The number of pyridine rings is 1. The van der Waals surface area contributed by atoms with Crippen molar-refractivity contribution < 1.29 is 4.79 Å². The molecule has 0 saturated heterocycles. The Bertz CT molecular complexity index is 1180. The summed E-state index contributed by atoms with van der Waals surface area (Å²) in [7, 11) is 1.78. The zero-order valence-electron chi connectivity index (χ0n) is 20.5. The molecule has 0 aliphatic heterocycles. The van der Waals surface area contributed by atoms with E-state index in [9.17, 15) is 4.79 Å². The fraction of sp³-hybridized carbons (Fsp3) is 0.360. The van der Waals surface area contributed by atoms with Crippen molar-refractivity contribution in [2.45, 2.75) is 33.7 Å². The third-order valence-electron chi connectivity index (χ3n) is 5.61. The van der Waals surface area contributed by atoms with Crippen LogP contribution in [0.2, 0.25) is 0 Å². The van der Waals surface area contributed by atoms with Crippen LogP contribution in [-0.2, 0) is 0 Å². The maximum Gasteiger partial charge on any atom is 0.251 e. The molecule has 0 spiro atoms. The van der Waals surface area contributed by atoms with Gasteiger partial charge in [-0.3, -0.25) is 9.69 Å². The van der Waals surface area contributed by atoms with Gasteiger partial charge < -0.3 is 10.6 Å². The van der Waals surface area contributed by atoms with E-state index in [-0.39, 0.29) is 11.9 Å². The fourth-order valence-electron chi connectivity index (χ4n) is 3.66. The van der Waals surface area contributed by atoms with Gasteiger partial charge in [0.2, 0.25) is 0 Å². The molecule has 8 nitrogen and oxygen atoms in total. The van der Waals surface area contributed by atoms with Crippen LogP contribution in [0.25, 0.3) is 21.8 Å². The first-order valence-electron chi connectivity index (χ1n) is 11.5. The Labute approximate surface area is 205 Å². The molecule has 0 saturated carbocycles. The first kappa shape index (κ1) is 25.5. The molecule has 0 fully saturated rings. The molecule has 0 unspecified atom stereocenters. The summed E-state index contributed by atoms with van der Waals surface area (Å²) >= 11 is 1.52. The van der Waals surface area contributed by atoms with E-state index in [0.29, 0.717) is 29.3 Å². The van der Waals surface area contributed by atoms with Crippen LogP contribution in [0.4, 0.5) is 5.82 Å². The number of likely N-dealkylation sites (N-methyl/N-ethyl adjacent to an activating group) is 1. The molecular formula is C25H33N7OS. The van der Waals surface area contributed by atoms with Gasteiger partial charge in [-0.1, -0.05) is 38.3 Å². The summed E-state index contributed by atoms with van der Waals surface area (Å²) < 4.78 is 1.70. The predicted octanol–water partition coefficient (Wildman–Crippen LogP) is 4.53. The lowest BCUT2D eigenvalue weighted by Gasteiger charge is -2.26. The molecule has 3 heterocycles. The molecule has 0 radical (unpaired) electrons. The average molecular weight is 480 g/mol. The van der Waals surface area contributed by atoms with E-state index in [4.69, 9.17) is 4.98 Å². The maximum atomic E-state index is 13.0. The van der Waals surface area contributed by atoms with Gasteiger partial charge in [-0.25, -0.2) is 14.5 Å². The number of fused-ring (bicyclic) bond motifs is 1. The molecule has 0 bridgehead atoms. The second-order valence-electron chi connectivity index (χ2n) is 7.81. The van der Waals surface area contributed by atoms with Crippen molar-refractivity contribution in [2.24, 2.45) is 0 Å². The number of allylic oxidation sites excluding steroid dienone is 1. The van der Waals surface area contributed by atoms with Gasteiger partial charge in [0.25, 0.3) is 5.91 Å². The maximum absolute atomic E-state index is 13.0. The van der Waals surface area contributed by atoms with Gasteiger partial charge in [-0.15, -0.1) is 0 Å². The molecule has 1 amide bonds.